The molecule has 4 N–H and O–H groups in total. The molecule has 0 saturated carbocycles. The van der Waals surface area contributed by atoms with Gasteiger partial charge in [0.2, 0.25) is 11.8 Å². The van der Waals surface area contributed by atoms with Gasteiger partial charge in [0.15, 0.2) is 0 Å². The average Bonchev–Trinajstić information content (AvgIpc) is 2.85. The molecule has 2 aromatic carbocycles. The minimum Gasteiger partial charge on any atom is -0.480 e. The smallest absolute Gasteiger partial charge is 0.329 e. The van der Waals surface area contributed by atoms with Crippen LogP contribution in [-0.2, 0) is 20.8 Å². The fourth-order valence-electron chi connectivity index (χ4n) is 4.14. The lowest BCUT2D eigenvalue weighted by Gasteiger charge is -2.27. The van der Waals surface area contributed by atoms with Crippen LogP contribution in [0.3, 0.4) is 0 Å². The van der Waals surface area contributed by atoms with E-state index >= 15 is 0 Å². The first-order chi connectivity index (χ1) is 17.5. The Labute approximate surface area is 213 Å². The zero-order valence-electron chi connectivity index (χ0n) is 21.2. The number of carboxylic acids is 1. The molecule has 1 aromatic heterocycles. The van der Waals surface area contributed by atoms with Crippen LogP contribution in [0.1, 0.15) is 39.3 Å². The quantitative estimate of drug-likeness (QED) is 0.328. The lowest BCUT2D eigenvalue weighted by atomic mass is 9.99. The van der Waals surface area contributed by atoms with Gasteiger partial charge in [-0.2, -0.15) is 0 Å². The van der Waals surface area contributed by atoms with Crippen molar-refractivity contribution in [3.63, 3.8) is 0 Å². The number of aromatic nitrogens is 2. The number of benzene rings is 2. The largest absolute Gasteiger partial charge is 0.480 e. The maximum Gasteiger partial charge on any atom is 0.329 e. The number of H-pyrrole nitrogens is 1. The summed E-state index contributed by atoms with van der Waals surface area (Å²) in [6.45, 7) is 6.74. The van der Waals surface area contributed by atoms with Crippen LogP contribution in [-0.4, -0.2) is 44.5 Å². The second-order valence-electron chi connectivity index (χ2n) is 9.66. The van der Waals surface area contributed by atoms with Crippen molar-refractivity contribution in [2.24, 2.45) is 11.8 Å². The molecule has 10 heteroatoms. The van der Waals surface area contributed by atoms with Crippen molar-refractivity contribution in [1.82, 2.24) is 20.2 Å². The SMILES string of the molecule is CC(C)[C@H](NC(=O)[C@H](Cc1ccccc1)n1c(=O)[nH]c2ccccc2c1=O)C(=O)N[C@@H](C(=O)O)C(C)C. The number of nitrogens with zero attached hydrogens (tertiary/aromatic N) is 1. The Balaban J connectivity index is 2.02. The van der Waals surface area contributed by atoms with Crippen LogP contribution in [0.2, 0.25) is 0 Å². The molecule has 3 aromatic rings. The van der Waals surface area contributed by atoms with Crippen molar-refractivity contribution in [1.29, 1.82) is 0 Å². The van der Waals surface area contributed by atoms with E-state index < -0.39 is 53.1 Å². The van der Waals surface area contributed by atoms with Gasteiger partial charge in [-0.05, 0) is 29.5 Å². The first-order valence-corrected chi connectivity index (χ1v) is 12.1. The standard InChI is InChI=1S/C27H32N4O6/c1-15(2)21(24(33)30-22(16(3)4)26(35)36)29-23(32)20(14-17-10-6-5-7-11-17)31-25(34)18-12-8-9-13-19(18)28-27(31)37/h5-13,15-16,20-22H,14H2,1-4H3,(H,28,37)(H,29,32)(H,30,33)(H,35,36)/t20-,21-,22+/m0/s1. The van der Waals surface area contributed by atoms with Gasteiger partial charge in [0.1, 0.15) is 18.1 Å². The molecule has 0 fully saturated rings. The number of nitrogens with one attached hydrogen (secondary N) is 3. The first-order valence-electron chi connectivity index (χ1n) is 12.1. The maximum atomic E-state index is 13.6. The van der Waals surface area contributed by atoms with E-state index in [0.29, 0.717) is 11.1 Å². The van der Waals surface area contributed by atoms with E-state index in [-0.39, 0.29) is 17.7 Å². The second-order valence-corrected chi connectivity index (χ2v) is 9.66. The molecule has 0 unspecified atom stereocenters. The minimum atomic E-state index is -1.27. The number of para-hydroxylation sites is 1. The Kier molecular flexibility index (Phi) is 8.65. The summed E-state index contributed by atoms with van der Waals surface area (Å²) in [7, 11) is 0. The van der Waals surface area contributed by atoms with Crippen LogP contribution in [0.4, 0.5) is 0 Å². The number of amides is 2. The Morgan fingerprint density at radius 1 is 0.838 bits per heavy atom. The molecule has 2 amide bonds. The molecular weight excluding hydrogens is 476 g/mol. The van der Waals surface area contributed by atoms with Crippen molar-refractivity contribution in [3.8, 4) is 0 Å². The Hall–Kier alpha value is -4.21. The van der Waals surface area contributed by atoms with Crippen LogP contribution < -0.4 is 21.9 Å². The number of hydrogen-bond donors (Lipinski definition) is 4. The highest BCUT2D eigenvalue weighted by Crippen LogP contribution is 2.15. The van der Waals surface area contributed by atoms with E-state index in [2.05, 4.69) is 15.6 Å². The minimum absolute atomic E-state index is 0.0180. The summed E-state index contributed by atoms with van der Waals surface area (Å²) >= 11 is 0. The first kappa shape index (κ1) is 27.4. The molecule has 0 spiro atoms. The number of fused-ring (bicyclic) bond motifs is 1. The number of carbonyl (C=O) groups excluding carboxylic acids is 2. The number of carbonyl (C=O) groups is 3. The van der Waals surface area contributed by atoms with E-state index in [0.717, 1.165) is 4.57 Å². The van der Waals surface area contributed by atoms with Gasteiger partial charge in [-0.15, -0.1) is 0 Å². The van der Waals surface area contributed by atoms with Gasteiger partial charge in [0, 0.05) is 6.42 Å². The van der Waals surface area contributed by atoms with Crippen molar-refractivity contribution in [2.75, 3.05) is 0 Å². The topological polar surface area (TPSA) is 150 Å². The third kappa shape index (κ3) is 6.32. The van der Waals surface area contributed by atoms with Gasteiger partial charge in [-0.3, -0.25) is 14.4 Å². The summed E-state index contributed by atoms with van der Waals surface area (Å²) in [6.07, 6.45) is 0.0180. The van der Waals surface area contributed by atoms with Crippen LogP contribution in [0.15, 0.2) is 64.2 Å². The molecule has 37 heavy (non-hydrogen) atoms. The maximum absolute atomic E-state index is 13.6. The summed E-state index contributed by atoms with van der Waals surface area (Å²) < 4.78 is 0.869. The summed E-state index contributed by atoms with van der Waals surface area (Å²) in [5, 5.41) is 14.9. The van der Waals surface area contributed by atoms with Crippen molar-refractivity contribution < 1.29 is 19.5 Å². The van der Waals surface area contributed by atoms with Crippen molar-refractivity contribution in [3.05, 3.63) is 81.0 Å². The van der Waals surface area contributed by atoms with Crippen molar-refractivity contribution in [2.45, 2.75) is 52.2 Å². The molecule has 1 heterocycles. The van der Waals surface area contributed by atoms with Crippen LogP contribution in [0, 0.1) is 11.8 Å². The van der Waals surface area contributed by atoms with Crippen LogP contribution in [0.25, 0.3) is 10.9 Å². The average molecular weight is 509 g/mol. The lowest BCUT2D eigenvalue weighted by molar-refractivity contribution is -0.143. The fraction of sp³-hybridized carbons (Fsp3) is 0.370. The zero-order valence-corrected chi connectivity index (χ0v) is 21.2. The number of aromatic amines is 1. The molecule has 10 nitrogen and oxygen atoms in total. The molecule has 0 bridgehead atoms. The van der Waals surface area contributed by atoms with Gasteiger partial charge in [-0.25, -0.2) is 14.2 Å². The predicted molar refractivity (Wildman–Crippen MR) is 139 cm³/mol. The Bertz CT molecular complexity index is 1390. The van der Waals surface area contributed by atoms with Gasteiger partial charge < -0.3 is 20.7 Å². The molecule has 0 aliphatic rings. The van der Waals surface area contributed by atoms with E-state index in [4.69, 9.17) is 0 Å². The van der Waals surface area contributed by atoms with Crippen LogP contribution in [0.5, 0.6) is 0 Å². The number of rotatable bonds is 10. The second kappa shape index (κ2) is 11.7. The molecule has 3 atom stereocenters. The zero-order chi connectivity index (χ0) is 27.3. The number of aliphatic carboxylic acids is 1. The highest BCUT2D eigenvalue weighted by Gasteiger charge is 2.33. The molecule has 0 radical (unpaired) electrons. The van der Waals surface area contributed by atoms with E-state index in [9.17, 15) is 29.1 Å². The fourth-order valence-corrected chi connectivity index (χ4v) is 4.14. The highest BCUT2D eigenvalue weighted by molar-refractivity contribution is 5.92. The third-order valence-electron chi connectivity index (χ3n) is 6.20. The van der Waals surface area contributed by atoms with Crippen molar-refractivity contribution >= 4 is 28.7 Å². The molecule has 0 aliphatic carbocycles. The molecule has 0 saturated heterocycles. The van der Waals surface area contributed by atoms with Gasteiger partial charge in [0.25, 0.3) is 5.56 Å². The molecular formula is C27H32N4O6. The summed E-state index contributed by atoms with van der Waals surface area (Å²) in [5.41, 5.74) is -0.332. The van der Waals surface area contributed by atoms with E-state index in [1.54, 1.807) is 82.3 Å². The van der Waals surface area contributed by atoms with Crippen LogP contribution >= 0.6 is 0 Å². The van der Waals surface area contributed by atoms with Gasteiger partial charge in [-0.1, -0.05) is 70.2 Å². The van der Waals surface area contributed by atoms with Gasteiger partial charge in [0.05, 0.1) is 10.9 Å². The normalized spacial score (nSPS) is 13.8. The Morgan fingerprint density at radius 3 is 2.00 bits per heavy atom. The number of hydrogen-bond acceptors (Lipinski definition) is 5. The van der Waals surface area contributed by atoms with Gasteiger partial charge >= 0.3 is 11.7 Å². The predicted octanol–water partition coefficient (Wildman–Crippen LogP) is 1.84. The third-order valence-corrected chi connectivity index (χ3v) is 6.20. The van der Waals surface area contributed by atoms with E-state index in [1.165, 1.54) is 0 Å². The molecule has 196 valence electrons. The van der Waals surface area contributed by atoms with E-state index in [1.807, 2.05) is 0 Å². The number of carboxylic acid groups (broad SMARTS) is 1. The summed E-state index contributed by atoms with van der Waals surface area (Å²) in [6, 6.07) is 11.9. The lowest BCUT2D eigenvalue weighted by Crippen LogP contribution is -2.56. The monoisotopic (exact) mass is 508 g/mol. The Morgan fingerprint density at radius 2 is 1.41 bits per heavy atom. The highest BCUT2D eigenvalue weighted by atomic mass is 16.4. The summed E-state index contributed by atoms with van der Waals surface area (Å²) in [4.78, 5) is 67.3. The molecule has 3 rings (SSSR count). The molecule has 0 aliphatic heterocycles. The summed E-state index contributed by atoms with van der Waals surface area (Å²) in [5.74, 6) is -3.35.